The monoisotopic (exact) mass is 372 g/mol. The molecule has 2 aliphatic rings. The number of rotatable bonds is 5. The van der Waals surface area contributed by atoms with Crippen LogP contribution >= 0.6 is 0 Å². The second-order valence-corrected chi connectivity index (χ2v) is 7.96. The summed E-state index contributed by atoms with van der Waals surface area (Å²) in [5.74, 6) is 2.01. The van der Waals surface area contributed by atoms with E-state index in [0.29, 0.717) is 11.8 Å². The maximum atomic E-state index is 12.9. The van der Waals surface area contributed by atoms with E-state index in [1.165, 1.54) is 12.0 Å². The molecule has 5 nitrogen and oxygen atoms in total. The second-order valence-electron chi connectivity index (χ2n) is 7.96. The van der Waals surface area contributed by atoms with Gasteiger partial charge in [-0.05, 0) is 62.1 Å². The number of ether oxygens (including phenoxy) is 1. The van der Waals surface area contributed by atoms with Crippen LogP contribution in [0.5, 0.6) is 5.75 Å². The van der Waals surface area contributed by atoms with Gasteiger partial charge in [0.2, 0.25) is 11.8 Å². The van der Waals surface area contributed by atoms with E-state index in [1.54, 1.807) is 14.0 Å². The van der Waals surface area contributed by atoms with Crippen molar-refractivity contribution in [1.82, 2.24) is 9.80 Å². The van der Waals surface area contributed by atoms with Gasteiger partial charge in [-0.3, -0.25) is 9.59 Å². The van der Waals surface area contributed by atoms with Gasteiger partial charge in [-0.2, -0.15) is 0 Å². The first-order valence-electron chi connectivity index (χ1n) is 10.2. The molecule has 2 aliphatic heterocycles. The highest BCUT2D eigenvalue weighted by Crippen LogP contribution is 2.26. The average Bonchev–Trinajstić information content (AvgIpc) is 2.72. The Morgan fingerprint density at radius 1 is 1.11 bits per heavy atom. The number of piperidine rings is 2. The molecule has 0 spiro atoms. The fraction of sp³-hybridized carbons (Fsp3) is 0.636. The van der Waals surface area contributed by atoms with Crippen LogP contribution < -0.4 is 4.74 Å². The Morgan fingerprint density at radius 2 is 1.89 bits per heavy atom. The van der Waals surface area contributed by atoms with Gasteiger partial charge in [-0.15, -0.1) is 0 Å². The van der Waals surface area contributed by atoms with Gasteiger partial charge < -0.3 is 14.5 Å². The summed E-state index contributed by atoms with van der Waals surface area (Å²) in [4.78, 5) is 28.4. The molecule has 0 saturated carbocycles. The van der Waals surface area contributed by atoms with Crippen LogP contribution in [0.2, 0.25) is 0 Å². The molecule has 1 atom stereocenters. The molecule has 2 fully saturated rings. The summed E-state index contributed by atoms with van der Waals surface area (Å²) in [5.41, 5.74) is 1.30. The fourth-order valence-corrected chi connectivity index (χ4v) is 4.40. The van der Waals surface area contributed by atoms with E-state index in [1.807, 2.05) is 17.0 Å². The predicted molar refractivity (Wildman–Crippen MR) is 106 cm³/mol. The summed E-state index contributed by atoms with van der Waals surface area (Å²) in [6, 6.07) is 8.27. The number of benzene rings is 1. The van der Waals surface area contributed by atoms with Gasteiger partial charge in [0.05, 0.1) is 7.11 Å². The van der Waals surface area contributed by atoms with Crippen molar-refractivity contribution in [3.8, 4) is 5.75 Å². The lowest BCUT2D eigenvalue weighted by molar-refractivity contribution is -0.141. The smallest absolute Gasteiger partial charge is 0.225 e. The van der Waals surface area contributed by atoms with Crippen molar-refractivity contribution in [2.75, 3.05) is 33.3 Å². The molecule has 27 heavy (non-hydrogen) atoms. The summed E-state index contributed by atoms with van der Waals surface area (Å²) in [7, 11) is 1.70. The molecule has 0 radical (unpaired) electrons. The molecule has 2 saturated heterocycles. The Morgan fingerprint density at radius 3 is 2.59 bits per heavy atom. The largest absolute Gasteiger partial charge is 0.497 e. The molecule has 2 heterocycles. The first kappa shape index (κ1) is 19.7. The molecule has 0 aliphatic carbocycles. The molecule has 2 amide bonds. The molecule has 3 rings (SSSR count). The predicted octanol–water partition coefficient (Wildman–Crippen LogP) is 3.12. The van der Waals surface area contributed by atoms with Crippen molar-refractivity contribution in [1.29, 1.82) is 0 Å². The van der Waals surface area contributed by atoms with E-state index in [-0.39, 0.29) is 11.8 Å². The number of aryl methyl sites for hydroxylation is 1. The average molecular weight is 373 g/mol. The minimum Gasteiger partial charge on any atom is -0.497 e. The maximum absolute atomic E-state index is 12.9. The second kappa shape index (κ2) is 9.25. The zero-order valence-electron chi connectivity index (χ0n) is 16.7. The number of nitrogens with zero attached hydrogens (tertiary/aromatic N) is 2. The van der Waals surface area contributed by atoms with Crippen molar-refractivity contribution in [3.05, 3.63) is 29.8 Å². The van der Waals surface area contributed by atoms with Crippen LogP contribution in [0.1, 0.15) is 44.6 Å². The van der Waals surface area contributed by atoms with Crippen LogP contribution in [0.4, 0.5) is 0 Å². The maximum Gasteiger partial charge on any atom is 0.225 e. The summed E-state index contributed by atoms with van der Waals surface area (Å²) < 4.78 is 5.31. The van der Waals surface area contributed by atoms with Crippen LogP contribution in [0, 0.1) is 11.8 Å². The van der Waals surface area contributed by atoms with Gasteiger partial charge in [0.1, 0.15) is 5.75 Å². The van der Waals surface area contributed by atoms with Crippen LogP contribution in [-0.2, 0) is 16.0 Å². The van der Waals surface area contributed by atoms with Crippen molar-refractivity contribution in [2.45, 2.75) is 45.4 Å². The number of hydrogen-bond acceptors (Lipinski definition) is 3. The molecule has 1 aromatic carbocycles. The highest BCUT2D eigenvalue weighted by molar-refractivity contribution is 5.79. The number of methoxy groups -OCH3 is 1. The minimum absolute atomic E-state index is 0.0951. The number of likely N-dealkylation sites (tertiary alicyclic amines) is 2. The van der Waals surface area contributed by atoms with E-state index < -0.39 is 0 Å². The Labute approximate surface area is 162 Å². The third-order valence-corrected chi connectivity index (χ3v) is 6.10. The Hall–Kier alpha value is -2.04. The number of carbonyl (C=O) groups is 2. The molecule has 0 unspecified atom stereocenters. The van der Waals surface area contributed by atoms with Gasteiger partial charge >= 0.3 is 0 Å². The highest BCUT2D eigenvalue weighted by Gasteiger charge is 2.31. The van der Waals surface area contributed by atoms with E-state index in [2.05, 4.69) is 17.0 Å². The topological polar surface area (TPSA) is 49.9 Å². The Kier molecular flexibility index (Phi) is 6.75. The lowest BCUT2D eigenvalue weighted by atomic mass is 9.89. The lowest BCUT2D eigenvalue weighted by Crippen LogP contribution is -2.47. The zero-order chi connectivity index (χ0) is 19.2. The van der Waals surface area contributed by atoms with Gasteiger partial charge in [-0.1, -0.05) is 12.1 Å². The van der Waals surface area contributed by atoms with Crippen LogP contribution in [-0.4, -0.2) is 54.9 Å². The van der Waals surface area contributed by atoms with E-state index >= 15 is 0 Å². The van der Waals surface area contributed by atoms with Gasteiger partial charge in [-0.25, -0.2) is 0 Å². The summed E-state index contributed by atoms with van der Waals surface area (Å²) in [6.07, 6.45) is 6.06. The summed E-state index contributed by atoms with van der Waals surface area (Å²) >= 11 is 0. The van der Waals surface area contributed by atoms with Gasteiger partial charge in [0, 0.05) is 39.0 Å². The molecular weight excluding hydrogens is 340 g/mol. The lowest BCUT2D eigenvalue weighted by Gasteiger charge is -2.37. The third kappa shape index (κ3) is 5.24. The first-order valence-corrected chi connectivity index (χ1v) is 10.2. The third-order valence-electron chi connectivity index (χ3n) is 6.10. The summed E-state index contributed by atoms with van der Waals surface area (Å²) in [5, 5.41) is 0. The van der Waals surface area contributed by atoms with Crippen molar-refractivity contribution < 1.29 is 14.3 Å². The normalized spacial score (nSPS) is 21.2. The van der Waals surface area contributed by atoms with Crippen LogP contribution in [0.25, 0.3) is 0 Å². The van der Waals surface area contributed by atoms with Crippen molar-refractivity contribution in [3.63, 3.8) is 0 Å². The number of hydrogen-bond donors (Lipinski definition) is 0. The highest BCUT2D eigenvalue weighted by atomic mass is 16.5. The Bertz CT molecular complexity index is 653. The molecular formula is C22H32N2O3. The zero-order valence-corrected chi connectivity index (χ0v) is 16.7. The van der Waals surface area contributed by atoms with Crippen molar-refractivity contribution in [2.24, 2.45) is 11.8 Å². The molecule has 0 aromatic heterocycles. The van der Waals surface area contributed by atoms with Crippen molar-refractivity contribution >= 4 is 11.8 Å². The molecule has 0 N–H and O–H groups in total. The number of carbonyl (C=O) groups excluding carboxylic acids is 2. The molecule has 148 valence electrons. The first-order chi connectivity index (χ1) is 13.1. The molecule has 1 aromatic rings. The standard InChI is InChI=1S/C22H32N2O3/c1-17(25)23-13-10-20(11-14-23)22(26)24-12-4-6-19(16-24)9-8-18-5-3-7-21(15-18)27-2/h3,5,7,15,19-20H,4,6,8-14,16H2,1-2H3/t19-/m0/s1. The molecule has 5 heteroatoms. The number of amides is 2. The quantitative estimate of drug-likeness (QED) is 0.798. The minimum atomic E-state index is 0.0951. The Balaban J connectivity index is 1.48. The fourth-order valence-electron chi connectivity index (χ4n) is 4.40. The summed E-state index contributed by atoms with van der Waals surface area (Å²) in [6.45, 7) is 4.83. The van der Waals surface area contributed by atoms with Crippen LogP contribution in [0.3, 0.4) is 0 Å². The van der Waals surface area contributed by atoms with Gasteiger partial charge in [0.25, 0.3) is 0 Å². The van der Waals surface area contributed by atoms with Gasteiger partial charge in [0.15, 0.2) is 0 Å². The molecule has 0 bridgehead atoms. The van der Waals surface area contributed by atoms with Crippen LogP contribution in [0.15, 0.2) is 24.3 Å². The van der Waals surface area contributed by atoms with E-state index in [0.717, 1.165) is 64.0 Å². The SMILES string of the molecule is COc1cccc(CC[C@@H]2CCCN(C(=O)C3CCN(C(C)=O)CC3)C2)c1. The van der Waals surface area contributed by atoms with E-state index in [9.17, 15) is 9.59 Å². The van der Waals surface area contributed by atoms with E-state index in [4.69, 9.17) is 4.74 Å².